The first kappa shape index (κ1) is 20.7. The molecule has 0 fully saturated rings. The number of amides is 1. The maximum atomic E-state index is 13.1. The number of ether oxygens (including phenoxy) is 1. The van der Waals surface area contributed by atoms with Crippen molar-refractivity contribution in [1.29, 1.82) is 0 Å². The highest BCUT2D eigenvalue weighted by atomic mass is 32.1. The van der Waals surface area contributed by atoms with Gasteiger partial charge in [0.25, 0.3) is 0 Å². The van der Waals surface area contributed by atoms with E-state index in [9.17, 15) is 9.18 Å². The van der Waals surface area contributed by atoms with Gasteiger partial charge in [0.15, 0.2) is 10.6 Å². The monoisotopic (exact) mass is 414 g/mol. The maximum Gasteiger partial charge on any atom is 0.224 e. The normalized spacial score (nSPS) is 11.9. The van der Waals surface area contributed by atoms with Crippen LogP contribution in [-0.4, -0.2) is 39.7 Å². The van der Waals surface area contributed by atoms with Gasteiger partial charge in [-0.25, -0.2) is 4.39 Å². The van der Waals surface area contributed by atoms with Crippen molar-refractivity contribution in [3.8, 4) is 17.1 Å². The standard InChI is InChI=1S/C21H23FN4O2S/c1-14(15-4-8-17(22)9-5-15)25(2)19(27)12-13-26-20(23-24-21(26)29)16-6-10-18(28-3)11-7-16/h4-11,14H,12-13H2,1-3H3,(H,24,29). The van der Waals surface area contributed by atoms with Crippen LogP contribution in [-0.2, 0) is 11.3 Å². The highest BCUT2D eigenvalue weighted by Gasteiger charge is 2.18. The number of aromatic nitrogens is 3. The van der Waals surface area contributed by atoms with Crippen LogP contribution in [0.15, 0.2) is 48.5 Å². The van der Waals surface area contributed by atoms with E-state index >= 15 is 0 Å². The molecule has 1 N–H and O–H groups in total. The molecular weight excluding hydrogens is 391 g/mol. The molecule has 0 aliphatic heterocycles. The van der Waals surface area contributed by atoms with Crippen molar-refractivity contribution < 1.29 is 13.9 Å². The average Bonchev–Trinajstić information content (AvgIpc) is 3.11. The third-order valence-corrected chi connectivity index (χ3v) is 5.29. The Morgan fingerprint density at radius 2 is 1.90 bits per heavy atom. The first-order valence-corrected chi connectivity index (χ1v) is 9.62. The number of benzene rings is 2. The summed E-state index contributed by atoms with van der Waals surface area (Å²) < 4.78 is 20.6. The van der Waals surface area contributed by atoms with E-state index in [0.29, 0.717) is 17.1 Å². The number of methoxy groups -OCH3 is 1. The predicted octanol–water partition coefficient (Wildman–Crippen LogP) is 4.37. The van der Waals surface area contributed by atoms with Gasteiger partial charge in [-0.2, -0.15) is 5.10 Å². The lowest BCUT2D eigenvalue weighted by atomic mass is 10.1. The summed E-state index contributed by atoms with van der Waals surface area (Å²) >= 11 is 5.34. The zero-order chi connectivity index (χ0) is 21.0. The van der Waals surface area contributed by atoms with Gasteiger partial charge in [0.1, 0.15) is 11.6 Å². The molecule has 8 heteroatoms. The minimum atomic E-state index is -0.296. The fourth-order valence-electron chi connectivity index (χ4n) is 3.05. The van der Waals surface area contributed by atoms with Crippen LogP contribution in [0.5, 0.6) is 5.75 Å². The summed E-state index contributed by atoms with van der Waals surface area (Å²) in [6.07, 6.45) is 0.263. The van der Waals surface area contributed by atoms with Crippen LogP contribution in [0.2, 0.25) is 0 Å². The van der Waals surface area contributed by atoms with Crippen molar-refractivity contribution in [2.24, 2.45) is 0 Å². The van der Waals surface area contributed by atoms with Gasteiger partial charge in [0.2, 0.25) is 5.91 Å². The highest BCUT2D eigenvalue weighted by Crippen LogP contribution is 2.22. The van der Waals surface area contributed by atoms with E-state index in [1.807, 2.05) is 35.8 Å². The topological polar surface area (TPSA) is 63.1 Å². The van der Waals surface area contributed by atoms with Crippen LogP contribution in [0.4, 0.5) is 4.39 Å². The summed E-state index contributed by atoms with van der Waals surface area (Å²) in [5.74, 6) is 1.08. The lowest BCUT2D eigenvalue weighted by Crippen LogP contribution is -2.30. The number of H-pyrrole nitrogens is 1. The molecule has 0 spiro atoms. The van der Waals surface area contributed by atoms with Gasteiger partial charge in [0.05, 0.1) is 13.2 Å². The molecule has 6 nitrogen and oxygen atoms in total. The van der Waals surface area contributed by atoms with Crippen molar-refractivity contribution in [2.75, 3.05) is 14.2 Å². The van der Waals surface area contributed by atoms with Gasteiger partial charge in [0, 0.05) is 25.6 Å². The molecule has 29 heavy (non-hydrogen) atoms. The number of nitrogens with one attached hydrogen (secondary N) is 1. The Morgan fingerprint density at radius 1 is 1.24 bits per heavy atom. The van der Waals surface area contributed by atoms with Gasteiger partial charge in [-0.15, -0.1) is 0 Å². The second-order valence-electron chi connectivity index (χ2n) is 6.71. The number of hydrogen-bond acceptors (Lipinski definition) is 4. The predicted molar refractivity (Wildman–Crippen MR) is 112 cm³/mol. The molecule has 2 aromatic carbocycles. The largest absolute Gasteiger partial charge is 0.497 e. The second kappa shape index (κ2) is 9.00. The molecule has 1 atom stereocenters. The van der Waals surface area contributed by atoms with Crippen LogP contribution >= 0.6 is 12.2 Å². The third-order valence-electron chi connectivity index (χ3n) is 4.98. The van der Waals surface area contributed by atoms with Gasteiger partial charge in [-0.05, 0) is 61.1 Å². The molecule has 1 heterocycles. The fourth-order valence-corrected chi connectivity index (χ4v) is 3.27. The first-order valence-electron chi connectivity index (χ1n) is 9.21. The number of halogens is 1. The molecule has 0 aliphatic carbocycles. The number of aromatic amines is 1. The molecule has 0 saturated carbocycles. The highest BCUT2D eigenvalue weighted by molar-refractivity contribution is 7.71. The molecule has 3 rings (SSSR count). The summed E-state index contributed by atoms with van der Waals surface area (Å²) in [5, 5.41) is 7.10. The first-order chi connectivity index (χ1) is 13.9. The number of rotatable bonds is 7. The minimum Gasteiger partial charge on any atom is -0.497 e. The summed E-state index contributed by atoms with van der Waals surface area (Å²) in [5.41, 5.74) is 1.75. The molecule has 0 radical (unpaired) electrons. The van der Waals surface area contributed by atoms with Crippen LogP contribution in [0, 0.1) is 10.6 Å². The molecule has 3 aromatic rings. The summed E-state index contributed by atoms with van der Waals surface area (Å²) in [6.45, 7) is 2.31. The Labute approximate surface area is 173 Å². The van der Waals surface area contributed by atoms with Crippen LogP contribution in [0.3, 0.4) is 0 Å². The molecule has 1 unspecified atom stereocenters. The molecular formula is C21H23FN4O2S. The van der Waals surface area contributed by atoms with Gasteiger partial charge < -0.3 is 9.64 Å². The smallest absolute Gasteiger partial charge is 0.224 e. The number of carbonyl (C=O) groups excluding carboxylic acids is 1. The third kappa shape index (κ3) is 4.71. The van der Waals surface area contributed by atoms with Crippen LogP contribution in [0.25, 0.3) is 11.4 Å². The van der Waals surface area contributed by atoms with Crippen molar-refractivity contribution in [3.63, 3.8) is 0 Å². The van der Waals surface area contributed by atoms with Gasteiger partial charge in [-0.3, -0.25) is 14.5 Å². The minimum absolute atomic E-state index is 0.0365. The Morgan fingerprint density at radius 3 is 2.52 bits per heavy atom. The zero-order valence-electron chi connectivity index (χ0n) is 16.6. The molecule has 1 amide bonds. The number of carbonyl (C=O) groups is 1. The van der Waals surface area contributed by atoms with Crippen LogP contribution in [0.1, 0.15) is 24.9 Å². The second-order valence-corrected chi connectivity index (χ2v) is 7.10. The van der Waals surface area contributed by atoms with Gasteiger partial charge >= 0.3 is 0 Å². The van der Waals surface area contributed by atoms with Crippen molar-refractivity contribution >= 4 is 18.1 Å². The van der Waals surface area contributed by atoms with E-state index in [0.717, 1.165) is 16.9 Å². The lowest BCUT2D eigenvalue weighted by Gasteiger charge is -2.25. The SMILES string of the molecule is COc1ccc(-c2n[nH]c(=S)n2CCC(=O)N(C)C(C)c2ccc(F)cc2)cc1. The molecule has 152 valence electrons. The molecule has 0 bridgehead atoms. The van der Waals surface area contributed by atoms with Crippen molar-refractivity contribution in [2.45, 2.75) is 25.9 Å². The van der Waals surface area contributed by atoms with Gasteiger partial charge in [-0.1, -0.05) is 12.1 Å². The van der Waals surface area contributed by atoms with E-state index in [1.165, 1.54) is 12.1 Å². The van der Waals surface area contributed by atoms with Crippen molar-refractivity contribution in [1.82, 2.24) is 19.7 Å². The van der Waals surface area contributed by atoms with E-state index in [-0.39, 0.29) is 24.2 Å². The summed E-state index contributed by atoms with van der Waals surface area (Å²) in [7, 11) is 3.36. The molecule has 1 aromatic heterocycles. The van der Waals surface area contributed by atoms with E-state index in [1.54, 1.807) is 31.2 Å². The Hall–Kier alpha value is -3.00. The molecule has 0 saturated heterocycles. The number of nitrogens with zero attached hydrogens (tertiary/aromatic N) is 3. The Kier molecular flexibility index (Phi) is 6.43. The maximum absolute atomic E-state index is 13.1. The zero-order valence-corrected chi connectivity index (χ0v) is 17.4. The van der Waals surface area contributed by atoms with E-state index < -0.39 is 0 Å². The Bertz CT molecular complexity index is 1030. The lowest BCUT2D eigenvalue weighted by molar-refractivity contribution is -0.132. The Balaban J connectivity index is 1.70. The fraction of sp³-hybridized carbons (Fsp3) is 0.286. The summed E-state index contributed by atoms with van der Waals surface area (Å²) in [4.78, 5) is 14.4. The average molecular weight is 415 g/mol. The van der Waals surface area contributed by atoms with E-state index in [2.05, 4.69) is 10.2 Å². The van der Waals surface area contributed by atoms with Crippen molar-refractivity contribution in [3.05, 3.63) is 64.7 Å². The molecule has 0 aliphatic rings. The quantitative estimate of drug-likeness (QED) is 0.584. The van der Waals surface area contributed by atoms with E-state index in [4.69, 9.17) is 17.0 Å². The van der Waals surface area contributed by atoms with Crippen LogP contribution < -0.4 is 4.74 Å². The summed E-state index contributed by atoms with van der Waals surface area (Å²) in [6, 6.07) is 13.5. The number of hydrogen-bond donors (Lipinski definition) is 1.